The molecular weight excluding hydrogens is 250 g/mol. The lowest BCUT2D eigenvalue weighted by molar-refractivity contribution is 0.183. The Morgan fingerprint density at radius 1 is 1.28 bits per heavy atom. The Labute approximate surface area is 114 Å². The van der Waals surface area contributed by atoms with Gasteiger partial charge in [0.1, 0.15) is 16.8 Å². The number of halogens is 1. The van der Waals surface area contributed by atoms with E-state index < -0.39 is 0 Å². The maximum atomic E-state index is 9.19. The second kappa shape index (κ2) is 6.90. The van der Waals surface area contributed by atoms with Crippen LogP contribution in [0.3, 0.4) is 0 Å². The van der Waals surface area contributed by atoms with Gasteiger partial charge in [-0.05, 0) is 26.7 Å². The SMILES string of the molecule is Cc1c(Cl)nc(C(C)C)nc1NCCCC(C)O. The average Bonchev–Trinajstić information content (AvgIpc) is 2.28. The van der Waals surface area contributed by atoms with Crippen molar-refractivity contribution in [3.63, 3.8) is 0 Å². The molecule has 0 aliphatic heterocycles. The van der Waals surface area contributed by atoms with Crippen molar-refractivity contribution in [2.75, 3.05) is 11.9 Å². The molecule has 0 aliphatic carbocycles. The Morgan fingerprint density at radius 3 is 2.50 bits per heavy atom. The summed E-state index contributed by atoms with van der Waals surface area (Å²) in [5.41, 5.74) is 0.873. The summed E-state index contributed by atoms with van der Waals surface area (Å²) in [5, 5.41) is 13.0. The zero-order valence-electron chi connectivity index (χ0n) is 11.5. The topological polar surface area (TPSA) is 58.0 Å². The molecule has 1 aromatic rings. The van der Waals surface area contributed by atoms with Crippen LogP contribution in [-0.4, -0.2) is 27.7 Å². The van der Waals surface area contributed by atoms with Crippen molar-refractivity contribution in [2.45, 2.75) is 52.6 Å². The molecule has 18 heavy (non-hydrogen) atoms. The fourth-order valence-electron chi connectivity index (χ4n) is 1.54. The number of nitrogens with zero attached hydrogens (tertiary/aromatic N) is 2. The highest BCUT2D eigenvalue weighted by molar-refractivity contribution is 6.30. The molecule has 1 atom stereocenters. The molecule has 1 heterocycles. The van der Waals surface area contributed by atoms with Gasteiger partial charge in [-0.1, -0.05) is 25.4 Å². The molecule has 0 saturated heterocycles. The molecule has 0 aliphatic rings. The number of aliphatic hydroxyl groups excluding tert-OH is 1. The normalized spacial score (nSPS) is 12.8. The van der Waals surface area contributed by atoms with E-state index in [1.54, 1.807) is 6.92 Å². The Morgan fingerprint density at radius 2 is 1.94 bits per heavy atom. The fraction of sp³-hybridized carbons (Fsp3) is 0.692. The Bertz CT molecular complexity index is 394. The number of nitrogens with one attached hydrogen (secondary N) is 1. The predicted molar refractivity (Wildman–Crippen MR) is 75.3 cm³/mol. The molecule has 1 unspecified atom stereocenters. The third-order valence-electron chi connectivity index (χ3n) is 2.71. The first kappa shape index (κ1) is 15.2. The van der Waals surface area contributed by atoms with Crippen molar-refractivity contribution in [3.8, 4) is 0 Å². The van der Waals surface area contributed by atoms with Crippen LogP contribution < -0.4 is 5.32 Å². The monoisotopic (exact) mass is 271 g/mol. The van der Waals surface area contributed by atoms with Gasteiger partial charge in [0.25, 0.3) is 0 Å². The van der Waals surface area contributed by atoms with Crippen LogP contribution >= 0.6 is 11.6 Å². The first-order chi connectivity index (χ1) is 8.41. The number of aliphatic hydroxyl groups is 1. The highest BCUT2D eigenvalue weighted by atomic mass is 35.5. The second-order valence-corrected chi connectivity index (χ2v) is 5.28. The molecule has 0 saturated carbocycles. The van der Waals surface area contributed by atoms with Gasteiger partial charge in [0.05, 0.1) is 6.10 Å². The van der Waals surface area contributed by atoms with Crippen LogP contribution in [-0.2, 0) is 0 Å². The lowest BCUT2D eigenvalue weighted by Crippen LogP contribution is -2.11. The van der Waals surface area contributed by atoms with Crippen LogP contribution in [0.2, 0.25) is 5.15 Å². The van der Waals surface area contributed by atoms with E-state index in [0.29, 0.717) is 5.15 Å². The maximum Gasteiger partial charge on any atom is 0.137 e. The summed E-state index contributed by atoms with van der Waals surface area (Å²) in [6, 6.07) is 0. The summed E-state index contributed by atoms with van der Waals surface area (Å²) in [7, 11) is 0. The first-order valence-electron chi connectivity index (χ1n) is 6.37. The van der Waals surface area contributed by atoms with Crippen molar-refractivity contribution in [3.05, 3.63) is 16.5 Å². The fourth-order valence-corrected chi connectivity index (χ4v) is 1.72. The Kier molecular flexibility index (Phi) is 5.82. The smallest absolute Gasteiger partial charge is 0.137 e. The summed E-state index contributed by atoms with van der Waals surface area (Å²) < 4.78 is 0. The third kappa shape index (κ3) is 4.42. The Balaban J connectivity index is 2.69. The highest BCUT2D eigenvalue weighted by Gasteiger charge is 2.11. The van der Waals surface area contributed by atoms with E-state index in [1.165, 1.54) is 0 Å². The largest absolute Gasteiger partial charge is 0.393 e. The molecule has 0 radical (unpaired) electrons. The van der Waals surface area contributed by atoms with Crippen molar-refractivity contribution in [2.24, 2.45) is 0 Å². The van der Waals surface area contributed by atoms with Crippen LogP contribution in [0, 0.1) is 6.92 Å². The van der Waals surface area contributed by atoms with Gasteiger partial charge in [-0.15, -0.1) is 0 Å². The number of hydrogen-bond acceptors (Lipinski definition) is 4. The van der Waals surface area contributed by atoms with Gasteiger partial charge >= 0.3 is 0 Å². The van der Waals surface area contributed by atoms with E-state index in [1.807, 2.05) is 20.8 Å². The standard InChI is InChI=1S/C13H22ClN3O/c1-8(2)12-16-11(14)10(4)13(17-12)15-7-5-6-9(3)18/h8-9,18H,5-7H2,1-4H3,(H,15,16,17). The minimum atomic E-state index is -0.256. The first-order valence-corrected chi connectivity index (χ1v) is 6.75. The number of aromatic nitrogens is 2. The molecule has 1 rings (SSSR count). The number of hydrogen-bond donors (Lipinski definition) is 2. The summed E-state index contributed by atoms with van der Waals surface area (Å²) in [6.45, 7) is 8.56. The average molecular weight is 272 g/mol. The predicted octanol–water partition coefficient (Wildman–Crippen LogP) is 3.13. The van der Waals surface area contributed by atoms with Crippen LogP contribution in [0.5, 0.6) is 0 Å². The molecular formula is C13H22ClN3O. The second-order valence-electron chi connectivity index (χ2n) is 4.92. The molecule has 0 bridgehead atoms. The van der Waals surface area contributed by atoms with Crippen LogP contribution in [0.15, 0.2) is 0 Å². The van der Waals surface area contributed by atoms with E-state index in [-0.39, 0.29) is 12.0 Å². The molecule has 0 amide bonds. The molecule has 0 fully saturated rings. The summed E-state index contributed by atoms with van der Waals surface area (Å²) in [6.07, 6.45) is 1.42. The van der Waals surface area contributed by atoms with Crippen molar-refractivity contribution < 1.29 is 5.11 Å². The van der Waals surface area contributed by atoms with Gasteiger partial charge in [-0.2, -0.15) is 0 Å². The molecule has 4 nitrogen and oxygen atoms in total. The van der Waals surface area contributed by atoms with Crippen molar-refractivity contribution in [1.82, 2.24) is 9.97 Å². The van der Waals surface area contributed by atoms with Crippen LogP contribution in [0.1, 0.15) is 50.9 Å². The molecule has 1 aromatic heterocycles. The van der Waals surface area contributed by atoms with E-state index >= 15 is 0 Å². The lowest BCUT2D eigenvalue weighted by atomic mass is 10.2. The summed E-state index contributed by atoms with van der Waals surface area (Å²) >= 11 is 6.10. The van der Waals surface area contributed by atoms with Crippen LogP contribution in [0.4, 0.5) is 5.82 Å². The van der Waals surface area contributed by atoms with Gasteiger partial charge in [-0.25, -0.2) is 9.97 Å². The van der Waals surface area contributed by atoms with E-state index in [0.717, 1.165) is 36.6 Å². The molecule has 0 aromatic carbocycles. The van der Waals surface area contributed by atoms with Gasteiger partial charge < -0.3 is 10.4 Å². The Hall–Kier alpha value is -0.870. The van der Waals surface area contributed by atoms with E-state index in [2.05, 4.69) is 15.3 Å². The zero-order chi connectivity index (χ0) is 13.7. The van der Waals surface area contributed by atoms with Gasteiger partial charge in [-0.3, -0.25) is 0 Å². The molecule has 0 spiro atoms. The van der Waals surface area contributed by atoms with Gasteiger partial charge in [0, 0.05) is 18.0 Å². The minimum absolute atomic E-state index is 0.251. The quantitative estimate of drug-likeness (QED) is 0.616. The van der Waals surface area contributed by atoms with Crippen molar-refractivity contribution >= 4 is 17.4 Å². The lowest BCUT2D eigenvalue weighted by Gasteiger charge is -2.13. The molecule has 5 heteroatoms. The zero-order valence-corrected chi connectivity index (χ0v) is 12.3. The highest BCUT2D eigenvalue weighted by Crippen LogP contribution is 2.22. The third-order valence-corrected chi connectivity index (χ3v) is 3.08. The van der Waals surface area contributed by atoms with Gasteiger partial charge in [0.2, 0.25) is 0 Å². The molecule has 102 valence electrons. The molecule has 2 N–H and O–H groups in total. The van der Waals surface area contributed by atoms with E-state index in [4.69, 9.17) is 11.6 Å². The van der Waals surface area contributed by atoms with Crippen molar-refractivity contribution in [1.29, 1.82) is 0 Å². The number of anilines is 1. The number of rotatable bonds is 6. The van der Waals surface area contributed by atoms with E-state index in [9.17, 15) is 5.11 Å². The van der Waals surface area contributed by atoms with Crippen LogP contribution in [0.25, 0.3) is 0 Å². The summed E-state index contributed by atoms with van der Waals surface area (Å²) in [5.74, 6) is 1.80. The maximum absolute atomic E-state index is 9.19. The minimum Gasteiger partial charge on any atom is -0.393 e. The summed E-state index contributed by atoms with van der Waals surface area (Å²) in [4.78, 5) is 8.74. The van der Waals surface area contributed by atoms with Gasteiger partial charge in [0.15, 0.2) is 0 Å².